The summed E-state index contributed by atoms with van der Waals surface area (Å²) >= 11 is 0. The first-order chi connectivity index (χ1) is 12.7. The van der Waals surface area contributed by atoms with Crippen molar-refractivity contribution in [3.05, 3.63) is 35.7 Å². The Balaban J connectivity index is 1.50. The number of halogens is 3. The van der Waals surface area contributed by atoms with Crippen molar-refractivity contribution in [3.63, 3.8) is 0 Å². The van der Waals surface area contributed by atoms with Crippen LogP contribution in [0.1, 0.15) is 43.1 Å². The number of benzene rings is 1. The molecule has 0 radical (unpaired) electrons. The van der Waals surface area contributed by atoms with Gasteiger partial charge in [-0.1, -0.05) is 0 Å². The smallest absolute Gasteiger partial charge is 0.416 e. The lowest BCUT2D eigenvalue weighted by Crippen LogP contribution is -2.40. The van der Waals surface area contributed by atoms with Crippen LogP contribution in [0, 0.1) is 0 Å². The number of hydrogen-bond donors (Lipinski definition) is 0. The minimum atomic E-state index is -4.41. The van der Waals surface area contributed by atoms with Gasteiger partial charge in [-0.3, -0.25) is 0 Å². The van der Waals surface area contributed by atoms with E-state index in [9.17, 15) is 21.6 Å². The summed E-state index contributed by atoms with van der Waals surface area (Å²) in [5, 5.41) is 7.66. The Bertz CT molecular complexity index is 921. The Morgan fingerprint density at radius 3 is 2.41 bits per heavy atom. The lowest BCUT2D eigenvalue weighted by Gasteiger charge is -2.30. The van der Waals surface area contributed by atoms with Crippen LogP contribution in [0.2, 0.25) is 0 Å². The fourth-order valence-electron chi connectivity index (χ4n) is 3.27. The number of hydrogen-bond acceptors (Lipinski definition) is 5. The fraction of sp³-hybridized carbons (Fsp3) is 0.529. The van der Waals surface area contributed by atoms with Gasteiger partial charge in [-0.25, -0.2) is 12.7 Å². The van der Waals surface area contributed by atoms with Gasteiger partial charge in [0.25, 0.3) is 0 Å². The molecule has 4 rings (SSSR count). The highest BCUT2D eigenvalue weighted by Crippen LogP contribution is 2.36. The summed E-state index contributed by atoms with van der Waals surface area (Å²) in [6.45, 7) is 0.794. The van der Waals surface area contributed by atoms with E-state index in [2.05, 4.69) is 10.2 Å². The van der Waals surface area contributed by atoms with Crippen molar-refractivity contribution < 1.29 is 26.0 Å². The van der Waals surface area contributed by atoms with Gasteiger partial charge in [0.05, 0.1) is 16.7 Å². The van der Waals surface area contributed by atoms with Gasteiger partial charge in [-0.15, -0.1) is 10.2 Å². The van der Waals surface area contributed by atoms with Crippen LogP contribution in [-0.2, 0) is 16.2 Å². The monoisotopic (exact) mass is 401 g/mol. The third-order valence-electron chi connectivity index (χ3n) is 4.94. The minimum absolute atomic E-state index is 0.126. The molecule has 0 spiro atoms. The third-order valence-corrected chi connectivity index (χ3v) is 7.30. The molecule has 27 heavy (non-hydrogen) atoms. The molecule has 1 unspecified atom stereocenters. The van der Waals surface area contributed by atoms with E-state index in [0.29, 0.717) is 43.8 Å². The van der Waals surface area contributed by atoms with Crippen LogP contribution < -0.4 is 0 Å². The average Bonchev–Trinajstić information content (AvgIpc) is 3.39. The molecule has 0 bridgehead atoms. The first kappa shape index (κ1) is 18.4. The van der Waals surface area contributed by atoms with Crippen molar-refractivity contribution in [3.8, 4) is 11.5 Å². The van der Waals surface area contributed by atoms with Crippen LogP contribution in [0.4, 0.5) is 13.2 Å². The Kier molecular flexibility index (Phi) is 4.50. The number of rotatable bonds is 4. The van der Waals surface area contributed by atoms with Crippen molar-refractivity contribution >= 4 is 10.0 Å². The molecule has 0 N–H and O–H groups in total. The molecule has 10 heteroatoms. The third kappa shape index (κ3) is 3.73. The van der Waals surface area contributed by atoms with E-state index < -0.39 is 21.8 Å². The average molecular weight is 401 g/mol. The maximum atomic E-state index is 12.7. The van der Waals surface area contributed by atoms with E-state index in [1.165, 1.54) is 16.4 Å². The molecule has 1 aromatic carbocycles. The molecule has 1 saturated carbocycles. The highest BCUT2D eigenvalue weighted by molar-refractivity contribution is 7.90. The topological polar surface area (TPSA) is 76.3 Å². The SMILES string of the molecule is O=S(=O)(C1CC1)N1CCCC(c2nnc(-c3ccc(C(F)(F)F)cc3)o2)C1. The van der Waals surface area contributed by atoms with Crippen LogP contribution in [0.5, 0.6) is 0 Å². The van der Waals surface area contributed by atoms with E-state index >= 15 is 0 Å². The standard InChI is InChI=1S/C17H18F3N3O3S/c18-17(19,20)13-5-3-11(4-6-13)15-21-22-16(26-15)12-2-1-9-23(10-12)27(24,25)14-7-8-14/h3-6,12,14H,1-2,7-10H2. The summed E-state index contributed by atoms with van der Waals surface area (Å²) < 4.78 is 70.0. The molecule has 2 heterocycles. The predicted molar refractivity (Wildman–Crippen MR) is 90.2 cm³/mol. The van der Waals surface area contributed by atoms with Gasteiger partial charge in [-0.2, -0.15) is 13.2 Å². The molecule has 1 aliphatic carbocycles. The van der Waals surface area contributed by atoms with Crippen molar-refractivity contribution in [2.75, 3.05) is 13.1 Å². The molecule has 1 aromatic heterocycles. The number of piperidine rings is 1. The first-order valence-corrected chi connectivity index (χ1v) is 10.3. The maximum absolute atomic E-state index is 12.7. The van der Waals surface area contributed by atoms with E-state index in [0.717, 1.165) is 18.6 Å². The summed E-state index contributed by atoms with van der Waals surface area (Å²) in [7, 11) is -3.26. The van der Waals surface area contributed by atoms with Gasteiger partial charge in [-0.05, 0) is 49.9 Å². The molecular formula is C17H18F3N3O3S. The summed E-state index contributed by atoms with van der Waals surface area (Å²) in [5.41, 5.74) is -0.362. The molecule has 146 valence electrons. The van der Waals surface area contributed by atoms with Crippen LogP contribution in [0.25, 0.3) is 11.5 Å². The Morgan fingerprint density at radius 1 is 1.07 bits per heavy atom. The van der Waals surface area contributed by atoms with Crippen LogP contribution >= 0.6 is 0 Å². The van der Waals surface area contributed by atoms with E-state index in [1.807, 2.05) is 0 Å². The van der Waals surface area contributed by atoms with E-state index in [-0.39, 0.29) is 17.1 Å². The Morgan fingerprint density at radius 2 is 1.78 bits per heavy atom. The van der Waals surface area contributed by atoms with Crippen molar-refractivity contribution in [2.24, 2.45) is 0 Å². The second-order valence-corrected chi connectivity index (χ2v) is 9.18. The lowest BCUT2D eigenvalue weighted by atomic mass is 10.00. The molecule has 0 amide bonds. The normalized spacial score (nSPS) is 22.1. The molecule has 6 nitrogen and oxygen atoms in total. The number of sulfonamides is 1. The van der Waals surface area contributed by atoms with Crippen molar-refractivity contribution in [2.45, 2.75) is 43.0 Å². The molecular weight excluding hydrogens is 383 g/mol. The second kappa shape index (κ2) is 6.59. The van der Waals surface area contributed by atoms with Gasteiger partial charge in [0.2, 0.25) is 21.8 Å². The molecule has 1 aliphatic heterocycles. The van der Waals surface area contributed by atoms with Crippen LogP contribution in [0.3, 0.4) is 0 Å². The zero-order chi connectivity index (χ0) is 19.2. The second-order valence-electron chi connectivity index (χ2n) is 6.96. The van der Waals surface area contributed by atoms with E-state index in [4.69, 9.17) is 4.42 Å². The van der Waals surface area contributed by atoms with Crippen molar-refractivity contribution in [1.29, 1.82) is 0 Å². The molecule has 1 saturated heterocycles. The summed E-state index contributed by atoms with van der Waals surface area (Å²) in [6, 6.07) is 4.49. The predicted octanol–water partition coefficient (Wildman–Crippen LogP) is 3.43. The fourth-order valence-corrected chi connectivity index (χ4v) is 5.19. The van der Waals surface area contributed by atoms with Gasteiger partial charge in [0.15, 0.2) is 0 Å². The number of aromatic nitrogens is 2. The molecule has 2 aliphatic rings. The molecule has 2 aromatic rings. The van der Waals surface area contributed by atoms with Gasteiger partial charge < -0.3 is 4.42 Å². The first-order valence-electron chi connectivity index (χ1n) is 8.75. The van der Waals surface area contributed by atoms with Crippen LogP contribution in [-0.4, -0.2) is 41.3 Å². The van der Waals surface area contributed by atoms with E-state index in [1.54, 1.807) is 0 Å². The maximum Gasteiger partial charge on any atom is 0.416 e. The zero-order valence-corrected chi connectivity index (χ0v) is 15.1. The number of nitrogens with zero attached hydrogens (tertiary/aromatic N) is 3. The van der Waals surface area contributed by atoms with Gasteiger partial charge >= 0.3 is 6.18 Å². The lowest BCUT2D eigenvalue weighted by molar-refractivity contribution is -0.137. The minimum Gasteiger partial charge on any atom is -0.420 e. The Labute approximate surface area is 154 Å². The van der Waals surface area contributed by atoms with Crippen LogP contribution in [0.15, 0.2) is 28.7 Å². The van der Waals surface area contributed by atoms with Crippen molar-refractivity contribution in [1.82, 2.24) is 14.5 Å². The largest absolute Gasteiger partial charge is 0.420 e. The molecule has 2 fully saturated rings. The molecule has 1 atom stereocenters. The number of alkyl halides is 3. The Hall–Kier alpha value is -1.94. The van der Waals surface area contributed by atoms with Gasteiger partial charge in [0.1, 0.15) is 0 Å². The van der Waals surface area contributed by atoms with Gasteiger partial charge in [0, 0.05) is 18.7 Å². The quantitative estimate of drug-likeness (QED) is 0.785. The summed E-state index contributed by atoms with van der Waals surface area (Å²) in [5.74, 6) is 0.240. The summed E-state index contributed by atoms with van der Waals surface area (Å²) in [4.78, 5) is 0. The summed E-state index contributed by atoms with van der Waals surface area (Å²) in [6.07, 6.45) is -1.55. The highest BCUT2D eigenvalue weighted by Gasteiger charge is 2.42. The zero-order valence-electron chi connectivity index (χ0n) is 14.3. The highest BCUT2D eigenvalue weighted by atomic mass is 32.2.